The van der Waals surface area contributed by atoms with Crippen molar-refractivity contribution < 1.29 is 32.2 Å². The summed E-state index contributed by atoms with van der Waals surface area (Å²) < 4.78 is 54.2. The van der Waals surface area contributed by atoms with Gasteiger partial charge in [0.1, 0.15) is 5.60 Å². The van der Waals surface area contributed by atoms with Gasteiger partial charge < -0.3 is 19.3 Å². The molecule has 1 atom stereocenters. The number of rotatable bonds is 7. The molecule has 1 unspecified atom stereocenters. The van der Waals surface area contributed by atoms with E-state index in [0.717, 1.165) is 60.3 Å². The maximum atomic E-state index is 15.4. The number of hydrogen-bond acceptors (Lipinski definition) is 4. The quantitative estimate of drug-likeness (QED) is 0.356. The summed E-state index contributed by atoms with van der Waals surface area (Å²) in [4.78, 5) is 28.0. The predicted octanol–water partition coefficient (Wildman–Crippen LogP) is 6.88. The van der Waals surface area contributed by atoms with Gasteiger partial charge in [-0.3, -0.25) is 4.79 Å². The van der Waals surface area contributed by atoms with E-state index in [-0.39, 0.29) is 18.4 Å². The summed E-state index contributed by atoms with van der Waals surface area (Å²) in [6, 6.07) is 6.13. The molecule has 0 N–H and O–H groups in total. The second-order valence-electron chi connectivity index (χ2n) is 11.5. The maximum Gasteiger partial charge on any atom is 0.410 e. The molecule has 0 saturated carbocycles. The van der Waals surface area contributed by atoms with Gasteiger partial charge in [-0.25, -0.2) is 13.6 Å². The van der Waals surface area contributed by atoms with Gasteiger partial charge in [-0.15, -0.1) is 0 Å². The summed E-state index contributed by atoms with van der Waals surface area (Å²) in [5.74, 6) is -2.97. The summed E-state index contributed by atoms with van der Waals surface area (Å²) in [7, 11) is 1.20. The fourth-order valence-electron chi connectivity index (χ4n) is 5.48. The number of amides is 2. The third-order valence-electron chi connectivity index (χ3n) is 7.46. The number of methoxy groups -OCH3 is 1. The molecule has 2 aliphatic heterocycles. The molecule has 1 fully saturated rings. The second kappa shape index (κ2) is 11.5. The molecule has 0 bridgehead atoms. The van der Waals surface area contributed by atoms with Gasteiger partial charge in [0.2, 0.25) is 12.1 Å². The molecule has 4 rings (SSSR count). The molecule has 212 valence electrons. The highest BCUT2D eigenvalue weighted by molar-refractivity contribution is 6.00. The lowest BCUT2D eigenvalue weighted by Gasteiger charge is -2.33. The van der Waals surface area contributed by atoms with Crippen molar-refractivity contribution in [3.8, 4) is 5.75 Å². The molecule has 2 aromatic rings. The topological polar surface area (TPSA) is 59.1 Å². The molecule has 1 saturated heterocycles. The molecule has 39 heavy (non-hydrogen) atoms. The van der Waals surface area contributed by atoms with Gasteiger partial charge in [0.15, 0.2) is 11.6 Å². The van der Waals surface area contributed by atoms with E-state index in [4.69, 9.17) is 9.47 Å². The van der Waals surface area contributed by atoms with Crippen LogP contribution in [0.1, 0.15) is 85.4 Å². The van der Waals surface area contributed by atoms with Crippen LogP contribution in [0.5, 0.6) is 5.75 Å². The highest BCUT2D eigenvalue weighted by Gasteiger charge is 2.37. The van der Waals surface area contributed by atoms with Gasteiger partial charge >= 0.3 is 6.09 Å². The second-order valence-corrected chi connectivity index (χ2v) is 11.5. The first-order chi connectivity index (χ1) is 18.4. The monoisotopic (exact) mass is 546 g/mol. The smallest absolute Gasteiger partial charge is 0.410 e. The summed E-state index contributed by atoms with van der Waals surface area (Å²) in [5.41, 5.74) is 1.88. The van der Waals surface area contributed by atoms with Crippen molar-refractivity contribution in [2.75, 3.05) is 20.2 Å². The summed E-state index contributed by atoms with van der Waals surface area (Å²) in [5, 5.41) is 0. The number of halogens is 3. The van der Waals surface area contributed by atoms with Crippen LogP contribution in [0, 0.1) is 24.5 Å². The third-order valence-corrected chi connectivity index (χ3v) is 7.46. The number of piperidine rings is 1. The van der Waals surface area contributed by atoms with Gasteiger partial charge in [-0.05, 0) is 94.5 Å². The van der Waals surface area contributed by atoms with Crippen molar-refractivity contribution in [1.82, 2.24) is 9.80 Å². The molecular formula is C30H37F3N2O4. The van der Waals surface area contributed by atoms with Crippen LogP contribution in [-0.2, 0) is 17.7 Å². The Morgan fingerprint density at radius 1 is 1.13 bits per heavy atom. The number of ether oxygens (including phenoxy) is 2. The number of benzene rings is 2. The average Bonchev–Trinajstić information content (AvgIpc) is 3.21. The zero-order valence-corrected chi connectivity index (χ0v) is 23.3. The molecule has 0 spiro atoms. The van der Waals surface area contributed by atoms with Crippen molar-refractivity contribution >= 4 is 12.0 Å². The fourth-order valence-corrected chi connectivity index (χ4v) is 5.48. The van der Waals surface area contributed by atoms with E-state index in [2.05, 4.69) is 0 Å². The zero-order chi connectivity index (χ0) is 28.5. The number of carbonyl (C=O) groups is 2. The minimum atomic E-state index is -2.13. The minimum Gasteiger partial charge on any atom is -0.494 e. The van der Waals surface area contributed by atoms with Crippen molar-refractivity contribution in [2.24, 2.45) is 5.92 Å². The molecule has 2 aliphatic rings. The molecule has 0 aliphatic carbocycles. The summed E-state index contributed by atoms with van der Waals surface area (Å²) >= 11 is 0. The van der Waals surface area contributed by atoms with E-state index >= 15 is 4.39 Å². The van der Waals surface area contributed by atoms with E-state index in [1.807, 2.05) is 39.8 Å². The first-order valence-corrected chi connectivity index (χ1v) is 13.5. The Balaban J connectivity index is 1.34. The fraction of sp³-hybridized carbons (Fsp3) is 0.533. The molecule has 6 nitrogen and oxygen atoms in total. The molecule has 2 amide bonds. The number of carbonyl (C=O) groups excluding carboxylic acids is 2. The van der Waals surface area contributed by atoms with Gasteiger partial charge in [0, 0.05) is 30.8 Å². The van der Waals surface area contributed by atoms with Crippen molar-refractivity contribution in [3.05, 3.63) is 63.7 Å². The first kappa shape index (κ1) is 28.8. The van der Waals surface area contributed by atoms with Crippen LogP contribution < -0.4 is 4.74 Å². The van der Waals surface area contributed by atoms with E-state index in [1.54, 1.807) is 4.90 Å². The minimum absolute atomic E-state index is 0.0137. The standard InChI is InChI=1S/C30H37F3N2O4/c1-18-15-20(8-6-7-19-11-13-34(14-12-19)29(37)39-30(2,3)4)16-21-17-35(28(36)24(18)21)27(33)22-9-10-23(38-5)26(32)25(22)31/h9-10,15-16,19,27H,6-8,11-14,17H2,1-5H3. The molecule has 0 aromatic heterocycles. The van der Waals surface area contributed by atoms with Crippen LogP contribution in [0.4, 0.5) is 18.0 Å². The van der Waals surface area contributed by atoms with Gasteiger partial charge in [-0.1, -0.05) is 12.1 Å². The van der Waals surface area contributed by atoms with Gasteiger partial charge in [-0.2, -0.15) is 4.39 Å². The van der Waals surface area contributed by atoms with Gasteiger partial charge in [0.05, 0.1) is 7.11 Å². The largest absolute Gasteiger partial charge is 0.494 e. The Kier molecular flexibility index (Phi) is 8.47. The number of likely N-dealkylation sites (tertiary alicyclic amines) is 1. The van der Waals surface area contributed by atoms with Crippen molar-refractivity contribution in [3.63, 3.8) is 0 Å². The Morgan fingerprint density at radius 3 is 2.46 bits per heavy atom. The lowest BCUT2D eigenvalue weighted by molar-refractivity contribution is 0.0180. The van der Waals surface area contributed by atoms with E-state index in [0.29, 0.717) is 30.1 Å². The van der Waals surface area contributed by atoms with E-state index in [9.17, 15) is 18.4 Å². The highest BCUT2D eigenvalue weighted by Crippen LogP contribution is 2.37. The molecule has 9 heteroatoms. The summed E-state index contributed by atoms with van der Waals surface area (Å²) in [6.45, 7) is 8.78. The maximum absolute atomic E-state index is 15.4. The average molecular weight is 547 g/mol. The molecule has 2 heterocycles. The lowest BCUT2D eigenvalue weighted by atomic mass is 9.90. The SMILES string of the molecule is COc1ccc(C(F)N2Cc3cc(CCCC4CCN(C(=O)OC(C)(C)C)CC4)cc(C)c3C2=O)c(F)c1F. The van der Waals surface area contributed by atoms with Crippen molar-refractivity contribution in [2.45, 2.75) is 78.2 Å². The van der Waals surface area contributed by atoms with E-state index < -0.39 is 35.0 Å². The number of aryl methyl sites for hydroxylation is 2. The normalized spacial score (nSPS) is 16.9. The van der Waals surface area contributed by atoms with Crippen LogP contribution in [0.15, 0.2) is 24.3 Å². The van der Waals surface area contributed by atoms with Crippen LogP contribution in [0.3, 0.4) is 0 Å². The Morgan fingerprint density at radius 2 is 1.82 bits per heavy atom. The Bertz CT molecular complexity index is 1240. The molecular weight excluding hydrogens is 509 g/mol. The Labute approximate surface area is 228 Å². The lowest BCUT2D eigenvalue weighted by Crippen LogP contribution is -2.41. The number of fused-ring (bicyclic) bond motifs is 1. The zero-order valence-electron chi connectivity index (χ0n) is 23.3. The number of alkyl halides is 1. The van der Waals surface area contributed by atoms with Crippen molar-refractivity contribution in [1.29, 1.82) is 0 Å². The van der Waals surface area contributed by atoms with Crippen LogP contribution in [0.2, 0.25) is 0 Å². The predicted molar refractivity (Wildman–Crippen MR) is 141 cm³/mol. The summed E-state index contributed by atoms with van der Waals surface area (Å²) in [6.07, 6.45) is 2.28. The first-order valence-electron chi connectivity index (χ1n) is 13.5. The molecule has 2 aromatic carbocycles. The highest BCUT2D eigenvalue weighted by atomic mass is 19.2. The van der Waals surface area contributed by atoms with Crippen LogP contribution in [0.25, 0.3) is 0 Å². The third kappa shape index (κ3) is 6.34. The van der Waals surface area contributed by atoms with E-state index in [1.165, 1.54) is 7.11 Å². The van der Waals surface area contributed by atoms with Gasteiger partial charge in [0.25, 0.3) is 5.91 Å². The number of nitrogens with zero attached hydrogens (tertiary/aromatic N) is 2. The van der Waals surface area contributed by atoms with Crippen LogP contribution in [-0.4, -0.2) is 47.6 Å². The molecule has 0 radical (unpaired) electrons. The Hall–Kier alpha value is -3.23. The van der Waals surface area contributed by atoms with Crippen LogP contribution >= 0.6 is 0 Å². The number of hydrogen-bond donors (Lipinski definition) is 0.